The quantitative estimate of drug-likeness (QED) is 0.686. The fourth-order valence-electron chi connectivity index (χ4n) is 1.09. The number of rotatable bonds is 5. The van der Waals surface area contributed by atoms with Crippen molar-refractivity contribution < 1.29 is 4.79 Å². The van der Waals surface area contributed by atoms with Crippen LogP contribution >= 0.6 is 0 Å². The molecule has 0 aromatic carbocycles. The second-order valence-electron chi connectivity index (χ2n) is 5.43. The van der Waals surface area contributed by atoms with Crippen LogP contribution in [-0.2, 0) is 4.79 Å². The Hall–Kier alpha value is -0.630. The fraction of sp³-hybridized carbons (Fsp3) is 0.750. The molecule has 82 valence electrons. The van der Waals surface area contributed by atoms with Gasteiger partial charge in [0.2, 0.25) is 0 Å². The minimum atomic E-state index is -0.479. The maximum Gasteiger partial charge on any atom is 0.174 e. The van der Waals surface area contributed by atoms with Crippen LogP contribution in [0.3, 0.4) is 0 Å². The van der Waals surface area contributed by atoms with E-state index in [2.05, 4.69) is 32.7 Å². The first-order valence-corrected chi connectivity index (χ1v) is 5.11. The lowest BCUT2D eigenvalue weighted by molar-refractivity contribution is -0.119. The Morgan fingerprint density at radius 3 is 2.14 bits per heavy atom. The van der Waals surface area contributed by atoms with Crippen molar-refractivity contribution in [3.8, 4) is 0 Å². The molecule has 0 saturated carbocycles. The lowest BCUT2D eigenvalue weighted by Gasteiger charge is -2.26. The molecule has 0 spiro atoms. The Morgan fingerprint density at radius 2 is 1.79 bits per heavy atom. The predicted octanol–water partition coefficient (Wildman–Crippen LogP) is 2.55. The number of nitrogens with one attached hydrogen (secondary N) is 1. The Kier molecular flexibility index (Phi) is 4.53. The van der Waals surface area contributed by atoms with Crippen LogP contribution in [0.25, 0.3) is 0 Å². The second kappa shape index (κ2) is 4.74. The van der Waals surface area contributed by atoms with Crippen molar-refractivity contribution >= 4 is 5.78 Å². The van der Waals surface area contributed by atoms with Crippen LogP contribution < -0.4 is 5.32 Å². The van der Waals surface area contributed by atoms with Crippen LogP contribution in [0.15, 0.2) is 12.7 Å². The van der Waals surface area contributed by atoms with E-state index in [1.165, 1.54) is 6.08 Å². The fourth-order valence-corrected chi connectivity index (χ4v) is 1.09. The van der Waals surface area contributed by atoms with Gasteiger partial charge in [-0.2, -0.15) is 0 Å². The molecule has 0 aliphatic heterocycles. The summed E-state index contributed by atoms with van der Waals surface area (Å²) in [7, 11) is 0. The smallest absolute Gasteiger partial charge is 0.174 e. The molecule has 0 aliphatic rings. The highest BCUT2D eigenvalue weighted by molar-refractivity contribution is 5.96. The molecule has 0 fully saturated rings. The Balaban J connectivity index is 4.00. The Morgan fingerprint density at radius 1 is 1.29 bits per heavy atom. The van der Waals surface area contributed by atoms with Gasteiger partial charge in [-0.05, 0) is 38.3 Å². The summed E-state index contributed by atoms with van der Waals surface area (Å²) in [6.45, 7) is 14.7. The van der Waals surface area contributed by atoms with Crippen molar-refractivity contribution in [2.45, 2.75) is 46.6 Å². The Bertz CT molecular complexity index is 211. The summed E-state index contributed by atoms with van der Waals surface area (Å²) in [5.74, 6) is 0.0476. The van der Waals surface area contributed by atoms with Crippen LogP contribution in [0.1, 0.15) is 41.0 Å². The number of carbonyl (C=O) groups excluding carboxylic acids is 1. The zero-order valence-electron chi connectivity index (χ0n) is 10.1. The van der Waals surface area contributed by atoms with Crippen LogP contribution in [0.5, 0.6) is 0 Å². The number of ketones is 1. The van der Waals surface area contributed by atoms with E-state index in [9.17, 15) is 4.79 Å². The first kappa shape index (κ1) is 13.4. The molecule has 0 heterocycles. The zero-order chi connectivity index (χ0) is 11.4. The third kappa shape index (κ3) is 5.18. The third-order valence-corrected chi connectivity index (χ3v) is 2.24. The second-order valence-corrected chi connectivity index (χ2v) is 5.43. The van der Waals surface area contributed by atoms with E-state index >= 15 is 0 Å². The molecule has 0 atom stereocenters. The van der Waals surface area contributed by atoms with Gasteiger partial charge in [0.05, 0.1) is 5.54 Å². The maximum atomic E-state index is 11.4. The standard InChI is InChI=1S/C12H23NO/c1-7-10(14)12(5,6)13-9-8-11(2,3)4/h7,13H,1,8-9H2,2-6H3. The van der Waals surface area contributed by atoms with Crippen LogP contribution in [-0.4, -0.2) is 17.9 Å². The minimum absolute atomic E-state index is 0.0476. The molecule has 0 aromatic heterocycles. The summed E-state index contributed by atoms with van der Waals surface area (Å²) in [4.78, 5) is 11.4. The topological polar surface area (TPSA) is 29.1 Å². The lowest BCUT2D eigenvalue weighted by Crippen LogP contribution is -2.46. The predicted molar refractivity (Wildman–Crippen MR) is 61.4 cm³/mol. The van der Waals surface area contributed by atoms with Crippen molar-refractivity contribution in [3.05, 3.63) is 12.7 Å². The number of carbonyl (C=O) groups is 1. The van der Waals surface area contributed by atoms with Crippen LogP contribution in [0.4, 0.5) is 0 Å². The number of hydrogen-bond acceptors (Lipinski definition) is 2. The first-order valence-electron chi connectivity index (χ1n) is 5.11. The van der Waals surface area contributed by atoms with E-state index in [0.717, 1.165) is 13.0 Å². The largest absolute Gasteiger partial charge is 0.305 e. The van der Waals surface area contributed by atoms with Gasteiger partial charge >= 0.3 is 0 Å². The van der Waals surface area contributed by atoms with Gasteiger partial charge in [0.25, 0.3) is 0 Å². The molecule has 0 rings (SSSR count). The van der Waals surface area contributed by atoms with E-state index in [0.29, 0.717) is 5.41 Å². The van der Waals surface area contributed by atoms with E-state index in [4.69, 9.17) is 0 Å². The van der Waals surface area contributed by atoms with Crippen molar-refractivity contribution in [2.24, 2.45) is 5.41 Å². The molecule has 0 radical (unpaired) electrons. The summed E-state index contributed by atoms with van der Waals surface area (Å²) < 4.78 is 0. The van der Waals surface area contributed by atoms with Gasteiger partial charge < -0.3 is 5.32 Å². The van der Waals surface area contributed by atoms with Gasteiger partial charge in [-0.25, -0.2) is 0 Å². The van der Waals surface area contributed by atoms with E-state index < -0.39 is 5.54 Å². The molecular formula is C12H23NO. The zero-order valence-corrected chi connectivity index (χ0v) is 10.1. The number of hydrogen-bond donors (Lipinski definition) is 1. The molecule has 0 saturated heterocycles. The SMILES string of the molecule is C=CC(=O)C(C)(C)NCCC(C)(C)C. The molecule has 0 bridgehead atoms. The summed E-state index contributed by atoms with van der Waals surface area (Å²) in [5, 5.41) is 3.25. The minimum Gasteiger partial charge on any atom is -0.305 e. The van der Waals surface area contributed by atoms with Crippen molar-refractivity contribution in [1.82, 2.24) is 5.32 Å². The van der Waals surface area contributed by atoms with Crippen molar-refractivity contribution in [2.75, 3.05) is 6.54 Å². The van der Waals surface area contributed by atoms with Gasteiger partial charge in [0.1, 0.15) is 0 Å². The van der Waals surface area contributed by atoms with Gasteiger partial charge in [-0.15, -0.1) is 0 Å². The van der Waals surface area contributed by atoms with Gasteiger partial charge in [0.15, 0.2) is 5.78 Å². The summed E-state index contributed by atoms with van der Waals surface area (Å²) in [6, 6.07) is 0. The monoisotopic (exact) mass is 197 g/mol. The van der Waals surface area contributed by atoms with E-state index in [1.807, 2.05) is 13.8 Å². The van der Waals surface area contributed by atoms with E-state index in [1.54, 1.807) is 0 Å². The average Bonchev–Trinajstić information content (AvgIpc) is 2.00. The van der Waals surface area contributed by atoms with Crippen LogP contribution in [0.2, 0.25) is 0 Å². The molecule has 0 aliphatic carbocycles. The molecule has 1 N–H and O–H groups in total. The highest BCUT2D eigenvalue weighted by Crippen LogP contribution is 2.18. The molecule has 14 heavy (non-hydrogen) atoms. The molecule has 0 amide bonds. The highest BCUT2D eigenvalue weighted by Gasteiger charge is 2.24. The average molecular weight is 197 g/mol. The summed E-state index contributed by atoms with van der Waals surface area (Å²) >= 11 is 0. The Labute approximate surface area is 87.8 Å². The maximum absolute atomic E-state index is 11.4. The molecular weight excluding hydrogens is 174 g/mol. The molecule has 0 aromatic rings. The summed E-state index contributed by atoms with van der Waals surface area (Å²) in [5.41, 5.74) is -0.173. The van der Waals surface area contributed by atoms with Gasteiger partial charge in [-0.3, -0.25) is 4.79 Å². The summed E-state index contributed by atoms with van der Waals surface area (Å²) in [6.07, 6.45) is 2.44. The highest BCUT2D eigenvalue weighted by atomic mass is 16.1. The molecule has 2 nitrogen and oxygen atoms in total. The van der Waals surface area contributed by atoms with Crippen molar-refractivity contribution in [1.29, 1.82) is 0 Å². The molecule has 2 heteroatoms. The van der Waals surface area contributed by atoms with Gasteiger partial charge in [-0.1, -0.05) is 27.4 Å². The van der Waals surface area contributed by atoms with Crippen LogP contribution in [0, 0.1) is 5.41 Å². The van der Waals surface area contributed by atoms with Crippen molar-refractivity contribution in [3.63, 3.8) is 0 Å². The lowest BCUT2D eigenvalue weighted by atomic mass is 9.91. The first-order chi connectivity index (χ1) is 6.19. The van der Waals surface area contributed by atoms with Gasteiger partial charge in [0, 0.05) is 0 Å². The normalized spacial score (nSPS) is 12.6. The molecule has 0 unspecified atom stereocenters. The van der Waals surface area contributed by atoms with E-state index in [-0.39, 0.29) is 5.78 Å². The third-order valence-electron chi connectivity index (χ3n) is 2.24.